The van der Waals surface area contributed by atoms with Crippen molar-refractivity contribution in [3.63, 3.8) is 0 Å². The molecule has 1 aliphatic rings. The van der Waals surface area contributed by atoms with Crippen molar-refractivity contribution in [1.29, 1.82) is 0 Å². The fourth-order valence-electron chi connectivity index (χ4n) is 1.58. The lowest BCUT2D eigenvalue weighted by Crippen LogP contribution is -2.51. The van der Waals surface area contributed by atoms with Gasteiger partial charge in [0, 0.05) is 18.8 Å². The van der Waals surface area contributed by atoms with Gasteiger partial charge in [-0.2, -0.15) is 11.8 Å². The second kappa shape index (κ2) is 6.75. The molecule has 0 aromatic carbocycles. The standard InChI is InChI=1S/C10H19N3O2S/c1-7(9(14)13-10(15)11-2)12-8-4-3-5-16-6-8/h7-8,12H,3-6H2,1-2H3,(H2,11,13,14,15). The second-order valence-corrected chi connectivity index (χ2v) is 5.02. The molecule has 1 fully saturated rings. The Morgan fingerprint density at radius 2 is 2.19 bits per heavy atom. The van der Waals surface area contributed by atoms with E-state index in [0.717, 1.165) is 12.2 Å². The molecule has 0 saturated carbocycles. The van der Waals surface area contributed by atoms with E-state index in [1.165, 1.54) is 19.2 Å². The lowest BCUT2D eigenvalue weighted by atomic mass is 10.1. The van der Waals surface area contributed by atoms with Gasteiger partial charge in [0.15, 0.2) is 0 Å². The molecule has 0 bridgehead atoms. The summed E-state index contributed by atoms with van der Waals surface area (Å²) >= 11 is 1.90. The molecule has 0 radical (unpaired) electrons. The molecule has 1 saturated heterocycles. The average Bonchev–Trinajstić information content (AvgIpc) is 2.30. The SMILES string of the molecule is CNC(=O)NC(=O)C(C)NC1CCCSC1. The quantitative estimate of drug-likeness (QED) is 0.669. The Labute approximate surface area is 100 Å². The van der Waals surface area contributed by atoms with E-state index in [0.29, 0.717) is 6.04 Å². The molecule has 0 aliphatic carbocycles. The van der Waals surface area contributed by atoms with Gasteiger partial charge in [0.05, 0.1) is 6.04 Å². The molecule has 0 aromatic rings. The van der Waals surface area contributed by atoms with Crippen LogP contribution in [0.5, 0.6) is 0 Å². The summed E-state index contributed by atoms with van der Waals surface area (Å²) in [6.45, 7) is 1.78. The molecular formula is C10H19N3O2S. The van der Waals surface area contributed by atoms with Crippen LogP contribution in [-0.2, 0) is 4.79 Å². The first kappa shape index (κ1) is 13.3. The summed E-state index contributed by atoms with van der Waals surface area (Å²) in [6, 6.07) is -0.415. The zero-order chi connectivity index (χ0) is 12.0. The normalized spacial score (nSPS) is 22.2. The second-order valence-electron chi connectivity index (χ2n) is 3.87. The van der Waals surface area contributed by atoms with Gasteiger partial charge >= 0.3 is 6.03 Å². The minimum absolute atomic E-state index is 0.282. The smallest absolute Gasteiger partial charge is 0.321 e. The van der Waals surface area contributed by atoms with Gasteiger partial charge < -0.3 is 10.6 Å². The molecule has 1 rings (SSSR count). The van der Waals surface area contributed by atoms with Gasteiger partial charge in [-0.25, -0.2) is 4.79 Å². The van der Waals surface area contributed by atoms with E-state index >= 15 is 0 Å². The first-order valence-corrected chi connectivity index (χ1v) is 6.65. The molecule has 6 heteroatoms. The van der Waals surface area contributed by atoms with E-state index in [1.807, 2.05) is 11.8 Å². The van der Waals surface area contributed by atoms with Gasteiger partial charge in [-0.1, -0.05) is 0 Å². The molecule has 16 heavy (non-hydrogen) atoms. The third kappa shape index (κ3) is 4.40. The molecule has 1 aliphatic heterocycles. The van der Waals surface area contributed by atoms with Gasteiger partial charge in [-0.15, -0.1) is 0 Å². The lowest BCUT2D eigenvalue weighted by Gasteiger charge is -2.25. The topological polar surface area (TPSA) is 70.2 Å². The van der Waals surface area contributed by atoms with E-state index in [9.17, 15) is 9.59 Å². The minimum atomic E-state index is -0.461. The molecule has 5 nitrogen and oxygen atoms in total. The van der Waals surface area contributed by atoms with Crippen molar-refractivity contribution in [1.82, 2.24) is 16.0 Å². The predicted octanol–water partition coefficient (Wildman–Crippen LogP) is 0.316. The van der Waals surface area contributed by atoms with E-state index < -0.39 is 6.03 Å². The first-order valence-electron chi connectivity index (χ1n) is 5.50. The zero-order valence-electron chi connectivity index (χ0n) is 9.71. The van der Waals surface area contributed by atoms with Crippen molar-refractivity contribution in [3.05, 3.63) is 0 Å². The fourth-order valence-corrected chi connectivity index (χ4v) is 2.67. The Hall–Kier alpha value is -0.750. The Bertz CT molecular complexity index is 254. The maximum atomic E-state index is 11.5. The molecule has 1 heterocycles. The molecule has 0 spiro atoms. The highest BCUT2D eigenvalue weighted by Gasteiger charge is 2.20. The molecule has 0 aromatic heterocycles. The summed E-state index contributed by atoms with van der Waals surface area (Å²) in [7, 11) is 1.48. The van der Waals surface area contributed by atoms with E-state index in [-0.39, 0.29) is 11.9 Å². The van der Waals surface area contributed by atoms with Crippen molar-refractivity contribution in [2.45, 2.75) is 31.8 Å². The van der Waals surface area contributed by atoms with Crippen LogP contribution in [0.25, 0.3) is 0 Å². The third-order valence-electron chi connectivity index (χ3n) is 2.50. The summed E-state index contributed by atoms with van der Waals surface area (Å²) in [6.07, 6.45) is 2.29. The van der Waals surface area contributed by atoms with Crippen LogP contribution in [0.1, 0.15) is 19.8 Å². The maximum absolute atomic E-state index is 11.5. The number of carbonyl (C=O) groups is 2. The van der Waals surface area contributed by atoms with Crippen LogP contribution in [0.4, 0.5) is 4.79 Å². The van der Waals surface area contributed by atoms with Crippen molar-refractivity contribution >= 4 is 23.7 Å². The largest absolute Gasteiger partial charge is 0.341 e. The maximum Gasteiger partial charge on any atom is 0.321 e. The third-order valence-corrected chi connectivity index (χ3v) is 3.72. The zero-order valence-corrected chi connectivity index (χ0v) is 10.5. The Morgan fingerprint density at radius 3 is 2.75 bits per heavy atom. The van der Waals surface area contributed by atoms with Crippen LogP contribution in [0.15, 0.2) is 0 Å². The van der Waals surface area contributed by atoms with Crippen molar-refractivity contribution in [2.75, 3.05) is 18.6 Å². The van der Waals surface area contributed by atoms with Crippen LogP contribution >= 0.6 is 11.8 Å². The number of urea groups is 1. The molecule has 3 amide bonds. The Morgan fingerprint density at radius 1 is 1.44 bits per heavy atom. The van der Waals surface area contributed by atoms with Crippen molar-refractivity contribution in [3.8, 4) is 0 Å². The number of carbonyl (C=O) groups excluding carboxylic acids is 2. The number of hydrogen-bond donors (Lipinski definition) is 3. The monoisotopic (exact) mass is 245 g/mol. The average molecular weight is 245 g/mol. The number of hydrogen-bond acceptors (Lipinski definition) is 4. The first-order chi connectivity index (χ1) is 7.63. The Balaban J connectivity index is 2.29. The molecular weight excluding hydrogens is 226 g/mol. The van der Waals surface area contributed by atoms with E-state index in [1.54, 1.807) is 6.92 Å². The highest BCUT2D eigenvalue weighted by atomic mass is 32.2. The van der Waals surface area contributed by atoms with E-state index in [2.05, 4.69) is 16.0 Å². The van der Waals surface area contributed by atoms with Crippen LogP contribution in [-0.4, -0.2) is 42.6 Å². The summed E-state index contributed by atoms with van der Waals surface area (Å²) in [4.78, 5) is 22.5. The van der Waals surface area contributed by atoms with Gasteiger partial charge in [-0.05, 0) is 25.5 Å². The Kier molecular flexibility index (Phi) is 5.62. The van der Waals surface area contributed by atoms with Crippen LogP contribution < -0.4 is 16.0 Å². The summed E-state index contributed by atoms with van der Waals surface area (Å²) in [5.74, 6) is 1.96. The molecule has 92 valence electrons. The summed E-state index contributed by atoms with van der Waals surface area (Å²) in [5.41, 5.74) is 0. The van der Waals surface area contributed by atoms with Gasteiger partial charge in [0.1, 0.15) is 0 Å². The van der Waals surface area contributed by atoms with Gasteiger partial charge in [0.2, 0.25) is 5.91 Å². The van der Waals surface area contributed by atoms with Gasteiger partial charge in [-0.3, -0.25) is 10.1 Å². The minimum Gasteiger partial charge on any atom is -0.341 e. The van der Waals surface area contributed by atoms with Crippen LogP contribution in [0.2, 0.25) is 0 Å². The number of rotatable bonds is 3. The van der Waals surface area contributed by atoms with Gasteiger partial charge in [0.25, 0.3) is 0 Å². The molecule has 2 atom stereocenters. The number of imide groups is 1. The highest BCUT2D eigenvalue weighted by Crippen LogP contribution is 2.17. The van der Waals surface area contributed by atoms with E-state index in [4.69, 9.17) is 0 Å². The predicted molar refractivity (Wildman–Crippen MR) is 65.5 cm³/mol. The highest BCUT2D eigenvalue weighted by molar-refractivity contribution is 7.99. The van der Waals surface area contributed by atoms with Crippen LogP contribution in [0, 0.1) is 0 Å². The van der Waals surface area contributed by atoms with Crippen molar-refractivity contribution < 1.29 is 9.59 Å². The molecule has 2 unspecified atom stereocenters. The fraction of sp³-hybridized carbons (Fsp3) is 0.800. The summed E-state index contributed by atoms with van der Waals surface area (Å²) < 4.78 is 0. The number of nitrogens with one attached hydrogen (secondary N) is 3. The van der Waals surface area contributed by atoms with Crippen molar-refractivity contribution in [2.24, 2.45) is 0 Å². The van der Waals surface area contributed by atoms with Crippen LogP contribution in [0.3, 0.4) is 0 Å². The molecule has 3 N–H and O–H groups in total. The number of thioether (sulfide) groups is 1. The lowest BCUT2D eigenvalue weighted by molar-refractivity contribution is -0.121. The number of amides is 3. The summed E-state index contributed by atoms with van der Waals surface area (Å²) in [5, 5.41) is 7.85.